The first-order chi connectivity index (χ1) is 11.3. The fourth-order valence-corrected chi connectivity index (χ4v) is 3.25. The molecule has 0 saturated carbocycles. The summed E-state index contributed by atoms with van der Waals surface area (Å²) < 4.78 is 0. The van der Waals surface area contributed by atoms with Gasteiger partial charge >= 0.3 is 0 Å². The smallest absolute Gasteiger partial charge is 0.0351 e. The molecule has 0 aliphatic heterocycles. The zero-order chi connectivity index (χ0) is 17.0. The molecule has 0 aromatic rings. The van der Waals surface area contributed by atoms with E-state index < -0.39 is 0 Å². The van der Waals surface area contributed by atoms with Gasteiger partial charge in [0.15, 0.2) is 0 Å². The van der Waals surface area contributed by atoms with Gasteiger partial charge in [-0.3, -0.25) is 0 Å². The van der Waals surface area contributed by atoms with E-state index in [4.69, 9.17) is 0 Å². The lowest BCUT2D eigenvalue weighted by Crippen LogP contribution is -1.98. The molecule has 0 aromatic heterocycles. The highest BCUT2D eigenvalue weighted by Gasteiger charge is 2.05. The second kappa shape index (κ2) is 19.8. The van der Waals surface area contributed by atoms with Gasteiger partial charge in [-0.2, -0.15) is 0 Å². The predicted octanol–water partition coefficient (Wildman–Crippen LogP) is 8.48. The predicted molar refractivity (Wildman–Crippen MR) is 108 cm³/mol. The minimum absolute atomic E-state index is 0.969. The lowest BCUT2D eigenvalue weighted by atomic mass is 9.93. The van der Waals surface area contributed by atoms with E-state index in [1.807, 2.05) is 0 Å². The molecule has 0 N–H and O–H groups in total. The molecule has 0 aliphatic rings. The number of unbranched alkanes of at least 4 members (excludes halogenated alkanes) is 11. The van der Waals surface area contributed by atoms with Gasteiger partial charge in [0.25, 0.3) is 0 Å². The number of hydrogen-bond acceptors (Lipinski definition) is 0. The third-order valence-corrected chi connectivity index (χ3v) is 4.96. The van der Waals surface area contributed by atoms with Crippen LogP contribution >= 0.6 is 0 Å². The molecule has 1 unspecified atom stereocenters. The summed E-state index contributed by atoms with van der Waals surface area (Å²) in [5, 5.41) is 0. The van der Waals surface area contributed by atoms with Gasteiger partial charge in [-0.05, 0) is 31.6 Å². The second-order valence-corrected chi connectivity index (χ2v) is 7.14. The first kappa shape index (κ1) is 22.7. The maximum atomic E-state index is 3.92. The Bertz CT molecular complexity index is 228. The topological polar surface area (TPSA) is 0 Å². The molecular formula is C23H44. The van der Waals surface area contributed by atoms with Gasteiger partial charge < -0.3 is 0 Å². The summed E-state index contributed by atoms with van der Waals surface area (Å²) >= 11 is 0. The molecule has 0 bridgehead atoms. The maximum absolute atomic E-state index is 3.92. The fraction of sp³-hybridized carbons (Fsp3) is 0.826. The van der Waals surface area contributed by atoms with Gasteiger partial charge in [0.2, 0.25) is 0 Å². The zero-order valence-electron chi connectivity index (χ0n) is 16.2. The van der Waals surface area contributed by atoms with E-state index in [1.54, 1.807) is 0 Å². The van der Waals surface area contributed by atoms with Crippen molar-refractivity contribution in [2.24, 2.45) is 5.92 Å². The van der Waals surface area contributed by atoms with Crippen molar-refractivity contribution in [2.45, 2.75) is 116 Å². The molecule has 0 saturated heterocycles. The van der Waals surface area contributed by atoms with Crippen molar-refractivity contribution < 1.29 is 0 Å². The Morgan fingerprint density at radius 2 is 1.09 bits per heavy atom. The minimum atomic E-state index is 0.969. The van der Waals surface area contributed by atoms with E-state index in [2.05, 4.69) is 32.9 Å². The molecule has 0 nitrogen and oxygen atoms in total. The number of allylic oxidation sites excluding steroid dienone is 2. The lowest BCUT2D eigenvalue weighted by Gasteiger charge is -2.13. The molecular weight excluding hydrogens is 276 g/mol. The lowest BCUT2D eigenvalue weighted by molar-refractivity contribution is 0.404. The summed E-state index contributed by atoms with van der Waals surface area (Å²) in [6.07, 6.45) is 27.7. The van der Waals surface area contributed by atoms with E-state index >= 15 is 0 Å². The molecule has 0 amide bonds. The zero-order valence-corrected chi connectivity index (χ0v) is 16.2. The molecule has 1 atom stereocenters. The molecule has 0 spiro atoms. The number of hydrogen-bond donors (Lipinski definition) is 0. The molecule has 136 valence electrons. The van der Waals surface area contributed by atoms with Crippen molar-refractivity contribution in [3.05, 3.63) is 26.0 Å². The second-order valence-electron chi connectivity index (χ2n) is 7.14. The van der Waals surface area contributed by atoms with Crippen LogP contribution < -0.4 is 0 Å². The van der Waals surface area contributed by atoms with Crippen LogP contribution in [0.1, 0.15) is 116 Å². The highest BCUT2D eigenvalue weighted by atomic mass is 14.1. The maximum Gasteiger partial charge on any atom is -0.0351 e. The first-order valence-electron chi connectivity index (χ1n) is 10.6. The van der Waals surface area contributed by atoms with Crippen molar-refractivity contribution in [1.29, 1.82) is 0 Å². The van der Waals surface area contributed by atoms with Crippen molar-refractivity contribution in [1.82, 2.24) is 0 Å². The third kappa shape index (κ3) is 17.9. The van der Waals surface area contributed by atoms with Crippen LogP contribution in [0.4, 0.5) is 0 Å². The summed E-state index contributed by atoms with van der Waals surface area (Å²) in [5.74, 6) is 0.969. The van der Waals surface area contributed by atoms with Crippen LogP contribution in [0.2, 0.25) is 0 Å². The van der Waals surface area contributed by atoms with E-state index in [0.29, 0.717) is 0 Å². The van der Waals surface area contributed by atoms with Crippen molar-refractivity contribution in [2.75, 3.05) is 0 Å². The van der Waals surface area contributed by atoms with Crippen LogP contribution in [0, 0.1) is 19.8 Å². The Hall–Kier alpha value is -0.260. The Morgan fingerprint density at radius 1 is 0.609 bits per heavy atom. The van der Waals surface area contributed by atoms with Crippen LogP contribution in [0.25, 0.3) is 0 Å². The van der Waals surface area contributed by atoms with Crippen LogP contribution in [-0.2, 0) is 0 Å². The summed E-state index contributed by atoms with van der Waals surface area (Å²) in [7, 11) is 0. The largest absolute Gasteiger partial charge is 0.0885 e. The number of rotatable bonds is 18. The summed E-state index contributed by atoms with van der Waals surface area (Å²) in [6.45, 7) is 10.2. The molecule has 0 aromatic carbocycles. The van der Waals surface area contributed by atoms with Crippen molar-refractivity contribution in [3.8, 4) is 0 Å². The van der Waals surface area contributed by atoms with Crippen LogP contribution in [0.15, 0.2) is 12.2 Å². The van der Waals surface area contributed by atoms with Gasteiger partial charge in [0.1, 0.15) is 0 Å². The van der Waals surface area contributed by atoms with Crippen LogP contribution in [0.5, 0.6) is 0 Å². The Balaban J connectivity index is 3.36. The Morgan fingerprint density at radius 3 is 1.70 bits per heavy atom. The fourth-order valence-electron chi connectivity index (χ4n) is 3.25. The quantitative estimate of drug-likeness (QED) is 0.175. The first-order valence-corrected chi connectivity index (χ1v) is 10.6. The van der Waals surface area contributed by atoms with Gasteiger partial charge in [0.05, 0.1) is 0 Å². The standard InChI is InChI=1S/C23H44/c1-4-7-9-11-12-13-14-15-16-18-20-22-23(6-3)21-19-17-10-8-5-2/h15-16,23H,1-2,4-14,17-22H2,3H3/b16-15+. The van der Waals surface area contributed by atoms with Gasteiger partial charge in [-0.15, -0.1) is 0 Å². The highest BCUT2D eigenvalue weighted by molar-refractivity contribution is 4.81. The van der Waals surface area contributed by atoms with Gasteiger partial charge in [-0.1, -0.05) is 116 Å². The average Bonchev–Trinajstić information content (AvgIpc) is 2.57. The molecule has 0 aliphatic carbocycles. The summed E-state index contributed by atoms with van der Waals surface area (Å²) in [4.78, 5) is 0. The average molecular weight is 321 g/mol. The van der Waals surface area contributed by atoms with Gasteiger partial charge in [0, 0.05) is 0 Å². The van der Waals surface area contributed by atoms with E-state index in [1.165, 1.54) is 96.3 Å². The molecule has 0 fully saturated rings. The van der Waals surface area contributed by atoms with Crippen molar-refractivity contribution in [3.63, 3.8) is 0 Å². The van der Waals surface area contributed by atoms with E-state index in [-0.39, 0.29) is 0 Å². The normalized spacial score (nSPS) is 13.0. The third-order valence-electron chi connectivity index (χ3n) is 4.96. The monoisotopic (exact) mass is 320 g/mol. The molecule has 0 heteroatoms. The Kier molecular flexibility index (Phi) is 19.6. The van der Waals surface area contributed by atoms with Crippen LogP contribution in [0.3, 0.4) is 0 Å². The molecule has 2 radical (unpaired) electrons. The minimum Gasteiger partial charge on any atom is -0.0885 e. The van der Waals surface area contributed by atoms with Crippen LogP contribution in [-0.4, -0.2) is 0 Å². The van der Waals surface area contributed by atoms with Gasteiger partial charge in [-0.25, -0.2) is 0 Å². The summed E-state index contributed by atoms with van der Waals surface area (Å²) in [5.41, 5.74) is 0. The molecule has 0 heterocycles. The molecule has 23 heavy (non-hydrogen) atoms. The van der Waals surface area contributed by atoms with E-state index in [9.17, 15) is 0 Å². The van der Waals surface area contributed by atoms with E-state index in [0.717, 1.165) is 18.8 Å². The van der Waals surface area contributed by atoms with Crippen molar-refractivity contribution >= 4 is 0 Å². The highest BCUT2D eigenvalue weighted by Crippen LogP contribution is 2.20. The summed E-state index contributed by atoms with van der Waals surface area (Å²) in [6, 6.07) is 0. The SMILES string of the molecule is [CH2]CCCCCCC/C=C/CCCC(CC)CCCCCC[CH2]. The Labute approximate surface area is 148 Å². The molecule has 0 rings (SSSR count).